The Labute approximate surface area is 122 Å². The molecule has 1 aromatic carbocycles. The highest BCUT2D eigenvalue weighted by Crippen LogP contribution is 2.44. The molecular formula is C14H18OS3. The summed E-state index contributed by atoms with van der Waals surface area (Å²) in [5.74, 6) is 3.84. The van der Waals surface area contributed by atoms with Crippen molar-refractivity contribution < 1.29 is 4.74 Å². The van der Waals surface area contributed by atoms with Gasteiger partial charge in [-0.15, -0.1) is 35.3 Å². The van der Waals surface area contributed by atoms with E-state index >= 15 is 0 Å². The van der Waals surface area contributed by atoms with Gasteiger partial charge in [-0.05, 0) is 41.2 Å². The first-order valence-corrected chi connectivity index (χ1v) is 9.64. The molecule has 2 aliphatic rings. The lowest BCUT2D eigenvalue weighted by Crippen LogP contribution is -2.09. The number of hydrogen-bond donors (Lipinski definition) is 0. The van der Waals surface area contributed by atoms with Gasteiger partial charge in [0.05, 0.1) is 4.58 Å². The van der Waals surface area contributed by atoms with Crippen LogP contribution in [-0.4, -0.2) is 23.9 Å². The second-order valence-electron chi connectivity index (χ2n) is 4.52. The van der Waals surface area contributed by atoms with E-state index in [4.69, 9.17) is 4.74 Å². The molecule has 0 amide bonds. The highest BCUT2D eigenvalue weighted by molar-refractivity contribution is 8.16. The molecule has 0 bridgehead atoms. The van der Waals surface area contributed by atoms with E-state index in [2.05, 4.69) is 47.8 Å². The van der Waals surface area contributed by atoms with Gasteiger partial charge in [-0.3, -0.25) is 0 Å². The van der Waals surface area contributed by atoms with Crippen molar-refractivity contribution in [2.45, 2.75) is 22.9 Å². The van der Waals surface area contributed by atoms with Crippen LogP contribution in [0.25, 0.3) is 0 Å². The summed E-state index contributed by atoms with van der Waals surface area (Å²) in [5.41, 5.74) is 3.06. The van der Waals surface area contributed by atoms with E-state index in [9.17, 15) is 0 Å². The molecule has 98 valence electrons. The lowest BCUT2D eigenvalue weighted by molar-refractivity contribution is 0.106. The third-order valence-electron chi connectivity index (χ3n) is 3.14. The van der Waals surface area contributed by atoms with Crippen LogP contribution >= 0.6 is 35.3 Å². The summed E-state index contributed by atoms with van der Waals surface area (Å²) in [5, 5.41) is 0. The van der Waals surface area contributed by atoms with E-state index in [0.717, 1.165) is 6.61 Å². The molecule has 4 heteroatoms. The van der Waals surface area contributed by atoms with Crippen LogP contribution in [0, 0.1) is 0 Å². The average molecular weight is 298 g/mol. The molecule has 2 heterocycles. The number of thioether (sulfide) groups is 3. The average Bonchev–Trinajstić information content (AvgIpc) is 2.49. The molecule has 1 unspecified atom stereocenters. The molecule has 0 radical (unpaired) electrons. The van der Waals surface area contributed by atoms with Gasteiger partial charge in [0.1, 0.15) is 5.44 Å². The lowest BCUT2D eigenvalue weighted by atomic mass is 10.1. The Morgan fingerprint density at radius 2 is 1.50 bits per heavy atom. The SMILES string of the molecule is c1cc(C2SCCCS2)ccc1C1OCCCS1. The molecule has 0 aromatic heterocycles. The molecular weight excluding hydrogens is 280 g/mol. The molecule has 2 aliphatic heterocycles. The first-order chi connectivity index (χ1) is 8.93. The summed E-state index contributed by atoms with van der Waals surface area (Å²) < 4.78 is 6.45. The number of benzene rings is 1. The topological polar surface area (TPSA) is 9.23 Å². The van der Waals surface area contributed by atoms with E-state index < -0.39 is 0 Å². The van der Waals surface area contributed by atoms with Crippen molar-refractivity contribution in [2.75, 3.05) is 23.9 Å². The van der Waals surface area contributed by atoms with Gasteiger partial charge in [-0.25, -0.2) is 0 Å². The van der Waals surface area contributed by atoms with Crippen molar-refractivity contribution in [3.05, 3.63) is 35.4 Å². The van der Waals surface area contributed by atoms with Gasteiger partial charge in [0.25, 0.3) is 0 Å². The van der Waals surface area contributed by atoms with Gasteiger partial charge < -0.3 is 4.74 Å². The number of rotatable bonds is 2. The predicted octanol–water partition coefficient (Wildman–Crippen LogP) is 4.71. The van der Waals surface area contributed by atoms with Crippen LogP contribution in [0.3, 0.4) is 0 Å². The van der Waals surface area contributed by atoms with Crippen LogP contribution in [0.15, 0.2) is 24.3 Å². The first-order valence-electron chi connectivity index (χ1n) is 6.50. The van der Waals surface area contributed by atoms with Crippen LogP contribution in [0.4, 0.5) is 0 Å². The molecule has 2 fully saturated rings. The Kier molecular flexibility index (Phi) is 4.85. The molecule has 0 N–H and O–H groups in total. The summed E-state index contributed by atoms with van der Waals surface area (Å²) in [6.45, 7) is 0.910. The highest BCUT2D eigenvalue weighted by atomic mass is 32.2. The zero-order chi connectivity index (χ0) is 12.2. The highest BCUT2D eigenvalue weighted by Gasteiger charge is 2.19. The van der Waals surface area contributed by atoms with Crippen molar-refractivity contribution in [2.24, 2.45) is 0 Å². The Hall–Kier alpha value is 0.230. The maximum atomic E-state index is 5.80. The molecule has 3 rings (SSSR count). The Balaban J connectivity index is 1.67. The third kappa shape index (κ3) is 3.21. The minimum absolute atomic E-state index is 0.263. The summed E-state index contributed by atoms with van der Waals surface area (Å²) in [4.78, 5) is 0. The molecule has 1 atom stereocenters. The van der Waals surface area contributed by atoms with Gasteiger partial charge in [-0.1, -0.05) is 24.3 Å². The van der Waals surface area contributed by atoms with Crippen LogP contribution in [0.2, 0.25) is 0 Å². The van der Waals surface area contributed by atoms with Crippen LogP contribution in [0.1, 0.15) is 34.0 Å². The van der Waals surface area contributed by atoms with Crippen molar-refractivity contribution in [1.29, 1.82) is 0 Å². The van der Waals surface area contributed by atoms with Crippen LogP contribution in [0.5, 0.6) is 0 Å². The van der Waals surface area contributed by atoms with E-state index in [1.807, 2.05) is 11.8 Å². The zero-order valence-electron chi connectivity index (χ0n) is 10.3. The Morgan fingerprint density at radius 1 is 0.833 bits per heavy atom. The molecule has 1 aromatic rings. The van der Waals surface area contributed by atoms with Gasteiger partial charge in [0.2, 0.25) is 0 Å². The van der Waals surface area contributed by atoms with Crippen molar-refractivity contribution in [3.8, 4) is 0 Å². The van der Waals surface area contributed by atoms with Crippen molar-refractivity contribution in [3.63, 3.8) is 0 Å². The lowest BCUT2D eigenvalue weighted by Gasteiger charge is -2.24. The predicted molar refractivity (Wildman–Crippen MR) is 84.5 cm³/mol. The van der Waals surface area contributed by atoms with Crippen molar-refractivity contribution >= 4 is 35.3 Å². The van der Waals surface area contributed by atoms with E-state index in [1.54, 1.807) is 0 Å². The molecule has 18 heavy (non-hydrogen) atoms. The number of ether oxygens (including phenoxy) is 1. The normalized spacial score (nSPS) is 26.1. The smallest absolute Gasteiger partial charge is 0.128 e. The monoisotopic (exact) mass is 298 g/mol. The quantitative estimate of drug-likeness (QED) is 0.781. The molecule has 2 saturated heterocycles. The van der Waals surface area contributed by atoms with Crippen molar-refractivity contribution in [1.82, 2.24) is 0 Å². The minimum atomic E-state index is 0.263. The van der Waals surface area contributed by atoms with Gasteiger partial charge in [0.15, 0.2) is 0 Å². The summed E-state index contributed by atoms with van der Waals surface area (Å²) in [6.07, 6.45) is 2.55. The number of hydrogen-bond acceptors (Lipinski definition) is 4. The summed E-state index contributed by atoms with van der Waals surface area (Å²) in [7, 11) is 0. The van der Waals surface area contributed by atoms with E-state index in [1.165, 1.54) is 41.2 Å². The second kappa shape index (κ2) is 6.60. The largest absolute Gasteiger partial charge is 0.363 e. The summed E-state index contributed by atoms with van der Waals surface area (Å²) in [6, 6.07) is 9.11. The maximum absolute atomic E-state index is 5.80. The fourth-order valence-corrected chi connectivity index (χ4v) is 6.11. The second-order valence-corrected chi connectivity index (χ2v) is 8.41. The van der Waals surface area contributed by atoms with E-state index in [0.29, 0.717) is 4.58 Å². The van der Waals surface area contributed by atoms with Gasteiger partial charge in [-0.2, -0.15) is 0 Å². The third-order valence-corrected chi connectivity index (χ3v) is 7.39. The Bertz CT molecular complexity index is 330. The molecule has 0 saturated carbocycles. The molecule has 0 spiro atoms. The maximum Gasteiger partial charge on any atom is 0.128 e. The zero-order valence-corrected chi connectivity index (χ0v) is 12.8. The van der Waals surface area contributed by atoms with Gasteiger partial charge in [0, 0.05) is 6.61 Å². The van der Waals surface area contributed by atoms with Crippen LogP contribution < -0.4 is 0 Å². The minimum Gasteiger partial charge on any atom is -0.363 e. The van der Waals surface area contributed by atoms with Crippen LogP contribution in [-0.2, 0) is 4.74 Å². The molecule has 1 nitrogen and oxygen atoms in total. The fourth-order valence-electron chi connectivity index (χ4n) is 2.17. The van der Waals surface area contributed by atoms with Gasteiger partial charge >= 0.3 is 0 Å². The first kappa shape index (κ1) is 13.2. The fraction of sp³-hybridized carbons (Fsp3) is 0.571. The van der Waals surface area contributed by atoms with E-state index in [-0.39, 0.29) is 5.44 Å². The summed E-state index contributed by atoms with van der Waals surface area (Å²) >= 11 is 6.09. The molecule has 0 aliphatic carbocycles. The standard InChI is InChI=1S/C14H18OS3/c1-7-15-13(16-8-1)11-3-5-12(6-4-11)14-17-9-2-10-18-14/h3-6,13-14H,1-2,7-10H2. The Morgan fingerprint density at radius 3 is 2.17 bits per heavy atom.